The summed E-state index contributed by atoms with van der Waals surface area (Å²) in [6.45, 7) is 7.72. The average Bonchev–Trinajstić information content (AvgIpc) is 2.68. The van der Waals surface area contributed by atoms with Gasteiger partial charge in [0.15, 0.2) is 0 Å². The quantitative estimate of drug-likeness (QED) is 0.570. The maximum absolute atomic E-state index is 12.9. The largest absolute Gasteiger partial charge is 0.354 e. The minimum atomic E-state index is -3.56. The Bertz CT molecular complexity index is 839. The molecule has 1 aromatic carbocycles. The summed E-state index contributed by atoms with van der Waals surface area (Å²) in [5, 5.41) is 5.43. The van der Waals surface area contributed by atoms with Crippen molar-refractivity contribution in [1.29, 1.82) is 0 Å². The number of piperazine rings is 1. The van der Waals surface area contributed by atoms with E-state index in [9.17, 15) is 18.0 Å². The molecule has 8 nitrogen and oxygen atoms in total. The highest BCUT2D eigenvalue weighted by Crippen LogP contribution is 2.23. The smallest absolute Gasteiger partial charge is 0.243 e. The predicted molar refractivity (Wildman–Crippen MR) is 115 cm³/mol. The summed E-state index contributed by atoms with van der Waals surface area (Å²) in [4.78, 5) is 26.2. The van der Waals surface area contributed by atoms with Gasteiger partial charge in [-0.3, -0.25) is 14.5 Å². The van der Waals surface area contributed by atoms with Gasteiger partial charge in [0, 0.05) is 37.2 Å². The molecule has 1 aliphatic heterocycles. The minimum absolute atomic E-state index is 0.136. The van der Waals surface area contributed by atoms with E-state index in [1.165, 1.54) is 4.31 Å². The number of sulfonamides is 1. The fourth-order valence-electron chi connectivity index (χ4n) is 3.01. The summed E-state index contributed by atoms with van der Waals surface area (Å²) in [7, 11) is -3.56. The number of rotatable bonds is 8. The number of carbonyl (C=O) groups is 2. The SMILES string of the molecule is CCCNC(=O)C(C)NC(=O)CN1CCN(S(=O)(=O)c2ccc(Br)c(C)c2)CC1. The lowest BCUT2D eigenvalue weighted by Gasteiger charge is -2.33. The van der Waals surface area contributed by atoms with Gasteiger partial charge in [0.1, 0.15) is 6.04 Å². The van der Waals surface area contributed by atoms with E-state index in [-0.39, 0.29) is 23.3 Å². The van der Waals surface area contributed by atoms with Gasteiger partial charge in [0.25, 0.3) is 0 Å². The average molecular weight is 489 g/mol. The third-order valence-electron chi connectivity index (χ3n) is 4.79. The second kappa shape index (κ2) is 10.5. The van der Waals surface area contributed by atoms with Crippen molar-refractivity contribution in [2.75, 3.05) is 39.3 Å². The van der Waals surface area contributed by atoms with E-state index >= 15 is 0 Å². The van der Waals surface area contributed by atoms with E-state index in [0.29, 0.717) is 32.7 Å². The van der Waals surface area contributed by atoms with Crippen LogP contribution < -0.4 is 10.6 Å². The highest BCUT2D eigenvalue weighted by molar-refractivity contribution is 9.10. The van der Waals surface area contributed by atoms with Crippen LogP contribution in [0.3, 0.4) is 0 Å². The summed E-state index contributed by atoms with van der Waals surface area (Å²) in [5.74, 6) is -0.454. The molecule has 1 saturated heterocycles. The van der Waals surface area contributed by atoms with Crippen molar-refractivity contribution in [1.82, 2.24) is 19.8 Å². The molecule has 2 rings (SSSR count). The first-order valence-electron chi connectivity index (χ1n) is 9.71. The molecule has 162 valence electrons. The molecule has 10 heteroatoms. The molecular weight excluding hydrogens is 460 g/mol. The van der Waals surface area contributed by atoms with Crippen LogP contribution in [-0.4, -0.2) is 74.7 Å². The summed E-state index contributed by atoms with van der Waals surface area (Å²) < 4.78 is 28.0. The van der Waals surface area contributed by atoms with Crippen molar-refractivity contribution >= 4 is 37.8 Å². The maximum atomic E-state index is 12.9. The zero-order valence-electron chi connectivity index (χ0n) is 17.1. The van der Waals surface area contributed by atoms with E-state index in [2.05, 4.69) is 26.6 Å². The third-order valence-corrected chi connectivity index (χ3v) is 7.57. The van der Waals surface area contributed by atoms with Crippen molar-refractivity contribution in [2.24, 2.45) is 0 Å². The van der Waals surface area contributed by atoms with Crippen LogP contribution in [0.25, 0.3) is 0 Å². The van der Waals surface area contributed by atoms with Crippen LogP contribution in [-0.2, 0) is 19.6 Å². The Morgan fingerprint density at radius 2 is 1.86 bits per heavy atom. The fraction of sp³-hybridized carbons (Fsp3) is 0.579. The van der Waals surface area contributed by atoms with Crippen LogP contribution in [0.1, 0.15) is 25.8 Å². The van der Waals surface area contributed by atoms with Crippen molar-refractivity contribution in [3.8, 4) is 0 Å². The summed E-state index contributed by atoms with van der Waals surface area (Å²) in [6, 6.07) is 4.39. The van der Waals surface area contributed by atoms with Crippen molar-refractivity contribution in [3.05, 3.63) is 28.2 Å². The van der Waals surface area contributed by atoms with E-state index in [1.54, 1.807) is 25.1 Å². The van der Waals surface area contributed by atoms with Gasteiger partial charge in [0.05, 0.1) is 11.4 Å². The highest BCUT2D eigenvalue weighted by Gasteiger charge is 2.29. The molecular formula is C19H29BrN4O4S. The van der Waals surface area contributed by atoms with Crippen molar-refractivity contribution in [2.45, 2.75) is 38.1 Å². The van der Waals surface area contributed by atoms with Crippen LogP contribution in [0.2, 0.25) is 0 Å². The molecule has 0 bridgehead atoms. The molecule has 1 fully saturated rings. The molecule has 0 aliphatic carbocycles. The Kier molecular flexibility index (Phi) is 8.62. The first kappa shape index (κ1) is 23.8. The summed E-state index contributed by atoms with van der Waals surface area (Å²) in [5.41, 5.74) is 0.860. The highest BCUT2D eigenvalue weighted by atomic mass is 79.9. The molecule has 0 spiro atoms. The molecule has 1 aromatic rings. The van der Waals surface area contributed by atoms with Gasteiger partial charge in [-0.05, 0) is 44.0 Å². The molecule has 0 aromatic heterocycles. The minimum Gasteiger partial charge on any atom is -0.354 e. The number of hydrogen-bond donors (Lipinski definition) is 2. The van der Waals surface area contributed by atoms with Gasteiger partial charge in [0.2, 0.25) is 21.8 Å². The number of nitrogens with one attached hydrogen (secondary N) is 2. The fourth-order valence-corrected chi connectivity index (χ4v) is 4.77. The van der Waals surface area contributed by atoms with Crippen LogP contribution in [0.4, 0.5) is 0 Å². The van der Waals surface area contributed by atoms with Gasteiger partial charge in [-0.1, -0.05) is 22.9 Å². The Balaban J connectivity index is 1.86. The van der Waals surface area contributed by atoms with Gasteiger partial charge in [-0.2, -0.15) is 4.31 Å². The Morgan fingerprint density at radius 3 is 2.45 bits per heavy atom. The molecule has 0 saturated carbocycles. The second-order valence-corrected chi connectivity index (χ2v) is 9.96. The number of halogens is 1. The Labute approximate surface area is 181 Å². The zero-order valence-corrected chi connectivity index (χ0v) is 19.5. The van der Waals surface area contributed by atoms with E-state index in [4.69, 9.17) is 0 Å². The molecule has 2 amide bonds. The normalized spacial score (nSPS) is 17.0. The first-order chi connectivity index (χ1) is 13.6. The molecule has 2 N–H and O–H groups in total. The summed E-state index contributed by atoms with van der Waals surface area (Å²) in [6.07, 6.45) is 0.833. The molecule has 1 heterocycles. The van der Waals surface area contributed by atoms with Crippen LogP contribution >= 0.6 is 15.9 Å². The zero-order chi connectivity index (χ0) is 21.6. The molecule has 1 atom stereocenters. The molecule has 1 unspecified atom stereocenters. The molecule has 1 aliphatic rings. The number of carbonyl (C=O) groups excluding carboxylic acids is 2. The van der Waals surface area contributed by atoms with Gasteiger partial charge < -0.3 is 10.6 Å². The Hall–Kier alpha value is -1.49. The van der Waals surface area contributed by atoms with Crippen LogP contribution in [0.5, 0.6) is 0 Å². The second-order valence-electron chi connectivity index (χ2n) is 7.17. The van der Waals surface area contributed by atoms with Gasteiger partial charge in [-0.25, -0.2) is 8.42 Å². The van der Waals surface area contributed by atoms with Crippen LogP contribution in [0.15, 0.2) is 27.6 Å². The number of nitrogens with zero attached hydrogens (tertiary/aromatic N) is 2. The lowest BCUT2D eigenvalue weighted by Crippen LogP contribution is -2.53. The predicted octanol–water partition coefficient (Wildman–Crippen LogP) is 1.09. The Morgan fingerprint density at radius 1 is 1.21 bits per heavy atom. The van der Waals surface area contributed by atoms with E-state index in [1.807, 2.05) is 18.7 Å². The van der Waals surface area contributed by atoms with Crippen molar-refractivity contribution < 1.29 is 18.0 Å². The lowest BCUT2D eigenvalue weighted by molar-refractivity contribution is -0.129. The van der Waals surface area contributed by atoms with Crippen LogP contribution in [0, 0.1) is 6.92 Å². The molecule has 29 heavy (non-hydrogen) atoms. The maximum Gasteiger partial charge on any atom is 0.243 e. The summed E-state index contributed by atoms with van der Waals surface area (Å²) >= 11 is 3.38. The number of benzene rings is 1. The number of aryl methyl sites for hydroxylation is 1. The number of amides is 2. The topological polar surface area (TPSA) is 98.8 Å². The number of hydrogen-bond acceptors (Lipinski definition) is 5. The third kappa shape index (κ3) is 6.50. The van der Waals surface area contributed by atoms with Gasteiger partial charge >= 0.3 is 0 Å². The lowest BCUT2D eigenvalue weighted by atomic mass is 10.2. The standard InChI is InChI=1S/C19H29BrN4O4S/c1-4-7-21-19(26)15(3)22-18(25)13-23-8-10-24(11-9-23)29(27,28)16-5-6-17(20)14(2)12-16/h5-6,12,15H,4,7-11,13H2,1-3H3,(H,21,26)(H,22,25). The monoisotopic (exact) mass is 488 g/mol. The van der Waals surface area contributed by atoms with E-state index < -0.39 is 16.1 Å². The van der Waals surface area contributed by atoms with Crippen molar-refractivity contribution in [3.63, 3.8) is 0 Å². The van der Waals surface area contributed by atoms with Gasteiger partial charge in [-0.15, -0.1) is 0 Å². The molecule has 0 radical (unpaired) electrons. The first-order valence-corrected chi connectivity index (χ1v) is 11.9. The van der Waals surface area contributed by atoms with E-state index in [0.717, 1.165) is 16.5 Å².